The van der Waals surface area contributed by atoms with E-state index in [0.717, 1.165) is 26.0 Å². The molecule has 0 aliphatic carbocycles. The summed E-state index contributed by atoms with van der Waals surface area (Å²) in [6.45, 7) is 5.01. The van der Waals surface area contributed by atoms with Crippen molar-refractivity contribution >= 4 is 23.5 Å². The molecule has 0 unspecified atom stereocenters. The van der Waals surface area contributed by atoms with Gasteiger partial charge in [0.25, 0.3) is 5.91 Å². The first-order valence-electron chi connectivity index (χ1n) is 8.67. The van der Waals surface area contributed by atoms with Gasteiger partial charge in [0.2, 0.25) is 5.91 Å². The Balaban J connectivity index is 1.58. The largest absolute Gasteiger partial charge is 0.381 e. The molecule has 1 aromatic rings. The van der Waals surface area contributed by atoms with Crippen LogP contribution in [0.4, 0.5) is 10.5 Å². The number of nitrogens with zero attached hydrogens (tertiary/aromatic N) is 2. The highest BCUT2D eigenvalue weighted by molar-refractivity contribution is 6.12. The van der Waals surface area contributed by atoms with Crippen molar-refractivity contribution in [3.63, 3.8) is 0 Å². The summed E-state index contributed by atoms with van der Waals surface area (Å²) in [4.78, 5) is 38.7. The summed E-state index contributed by atoms with van der Waals surface area (Å²) in [6, 6.07) is 6.37. The van der Waals surface area contributed by atoms with Crippen molar-refractivity contribution in [1.29, 1.82) is 0 Å². The van der Waals surface area contributed by atoms with E-state index in [-0.39, 0.29) is 18.4 Å². The summed E-state index contributed by atoms with van der Waals surface area (Å²) in [5, 5.41) is 2.23. The lowest BCUT2D eigenvalue weighted by Crippen LogP contribution is -2.30. The van der Waals surface area contributed by atoms with Crippen LogP contribution in [0.15, 0.2) is 24.3 Å². The van der Waals surface area contributed by atoms with Crippen LogP contribution >= 0.6 is 0 Å². The summed E-state index contributed by atoms with van der Waals surface area (Å²) in [7, 11) is 0. The highest BCUT2D eigenvalue weighted by Gasteiger charge is 2.29. The average molecular weight is 345 g/mol. The molecular weight excluding hydrogens is 322 g/mol. The van der Waals surface area contributed by atoms with Crippen LogP contribution in [0.25, 0.3) is 0 Å². The third-order valence-electron chi connectivity index (χ3n) is 4.49. The molecule has 7 nitrogen and oxygen atoms in total. The molecule has 4 amide bonds. The summed E-state index contributed by atoms with van der Waals surface area (Å²) in [5.41, 5.74) is 1.19. The molecule has 134 valence electrons. The van der Waals surface area contributed by atoms with Gasteiger partial charge in [0.15, 0.2) is 0 Å². The van der Waals surface area contributed by atoms with Gasteiger partial charge in [0.05, 0.1) is 6.61 Å². The van der Waals surface area contributed by atoms with Crippen LogP contribution < -0.4 is 10.2 Å². The number of likely N-dealkylation sites (tertiary alicyclic amines) is 1. The zero-order valence-electron chi connectivity index (χ0n) is 14.4. The second kappa shape index (κ2) is 7.65. The summed E-state index contributed by atoms with van der Waals surface area (Å²) >= 11 is 0. The van der Waals surface area contributed by atoms with Crippen molar-refractivity contribution in [3.8, 4) is 0 Å². The molecule has 0 spiro atoms. The molecule has 7 heteroatoms. The lowest BCUT2D eigenvalue weighted by molar-refractivity contribution is -0.117. The zero-order chi connectivity index (χ0) is 17.8. The van der Waals surface area contributed by atoms with Crippen LogP contribution in [0.1, 0.15) is 30.1 Å². The molecule has 2 saturated heterocycles. The van der Waals surface area contributed by atoms with Crippen molar-refractivity contribution in [2.75, 3.05) is 37.7 Å². The molecule has 0 saturated carbocycles. The quantitative estimate of drug-likeness (QED) is 0.628. The van der Waals surface area contributed by atoms with Gasteiger partial charge in [-0.15, -0.1) is 0 Å². The van der Waals surface area contributed by atoms with Crippen LogP contribution in [0.3, 0.4) is 0 Å². The minimum atomic E-state index is -0.432. The highest BCUT2D eigenvalue weighted by atomic mass is 16.5. The van der Waals surface area contributed by atoms with E-state index in [1.807, 2.05) is 4.90 Å². The van der Waals surface area contributed by atoms with Gasteiger partial charge in [-0.3, -0.25) is 19.8 Å². The van der Waals surface area contributed by atoms with Gasteiger partial charge in [0, 0.05) is 36.9 Å². The highest BCUT2D eigenvalue weighted by Crippen LogP contribution is 2.22. The Bertz CT molecular complexity index is 659. The SMILES string of the molecule is CCCOC[C@@H]1CCN(C(=O)c2ccc(N3CC(=O)NC3=O)cc2)C1. The van der Waals surface area contributed by atoms with Crippen LogP contribution in [-0.2, 0) is 9.53 Å². The number of anilines is 1. The smallest absolute Gasteiger partial charge is 0.329 e. The number of hydrogen-bond donors (Lipinski definition) is 1. The van der Waals surface area contributed by atoms with Crippen molar-refractivity contribution in [3.05, 3.63) is 29.8 Å². The van der Waals surface area contributed by atoms with Crippen LogP contribution in [-0.4, -0.2) is 55.6 Å². The van der Waals surface area contributed by atoms with Gasteiger partial charge in [-0.05, 0) is 37.1 Å². The standard InChI is InChI=1S/C18H23N3O4/c1-2-9-25-12-13-7-8-20(10-13)17(23)14-3-5-15(6-4-14)21-11-16(22)19-18(21)24/h3-6,13H,2,7-12H2,1H3,(H,19,22,24)/t13-/m1/s1. The molecule has 1 atom stereocenters. The molecule has 2 fully saturated rings. The van der Waals surface area contributed by atoms with Crippen molar-refractivity contribution in [2.24, 2.45) is 5.92 Å². The Morgan fingerprint density at radius 3 is 2.68 bits per heavy atom. The molecule has 0 radical (unpaired) electrons. The first-order valence-corrected chi connectivity index (χ1v) is 8.67. The number of carbonyl (C=O) groups excluding carboxylic acids is 3. The van der Waals surface area contributed by atoms with Gasteiger partial charge in [-0.1, -0.05) is 6.92 Å². The number of carbonyl (C=O) groups is 3. The number of ether oxygens (including phenoxy) is 1. The molecular formula is C18H23N3O4. The molecule has 0 aromatic heterocycles. The first-order chi connectivity index (χ1) is 12.1. The number of imide groups is 1. The van der Waals surface area contributed by atoms with E-state index in [1.54, 1.807) is 24.3 Å². The second-order valence-electron chi connectivity index (χ2n) is 6.47. The Kier molecular flexibility index (Phi) is 5.33. The number of nitrogens with one attached hydrogen (secondary N) is 1. The fourth-order valence-corrected chi connectivity index (χ4v) is 3.16. The average Bonchev–Trinajstić information content (AvgIpc) is 3.21. The molecule has 2 heterocycles. The molecule has 0 bridgehead atoms. The number of amides is 4. The number of hydrogen-bond acceptors (Lipinski definition) is 4. The normalized spacial score (nSPS) is 20.3. The zero-order valence-corrected chi connectivity index (χ0v) is 14.4. The molecule has 1 N–H and O–H groups in total. The maximum atomic E-state index is 12.6. The van der Waals surface area contributed by atoms with Crippen LogP contribution in [0.5, 0.6) is 0 Å². The number of benzene rings is 1. The van der Waals surface area contributed by atoms with E-state index in [2.05, 4.69) is 12.2 Å². The van der Waals surface area contributed by atoms with E-state index >= 15 is 0 Å². The fraction of sp³-hybridized carbons (Fsp3) is 0.500. The molecule has 3 rings (SSSR count). The van der Waals surface area contributed by atoms with Gasteiger partial charge in [-0.25, -0.2) is 4.79 Å². The van der Waals surface area contributed by atoms with Gasteiger partial charge >= 0.3 is 6.03 Å². The second-order valence-corrected chi connectivity index (χ2v) is 6.47. The Morgan fingerprint density at radius 1 is 1.28 bits per heavy atom. The minimum Gasteiger partial charge on any atom is -0.381 e. The maximum absolute atomic E-state index is 12.6. The Morgan fingerprint density at radius 2 is 2.04 bits per heavy atom. The third-order valence-corrected chi connectivity index (χ3v) is 4.49. The van der Waals surface area contributed by atoms with Gasteiger partial charge < -0.3 is 9.64 Å². The maximum Gasteiger partial charge on any atom is 0.329 e. The Hall–Kier alpha value is -2.41. The molecule has 1 aromatic carbocycles. The van der Waals surface area contributed by atoms with Crippen LogP contribution in [0.2, 0.25) is 0 Å². The topological polar surface area (TPSA) is 79.0 Å². The van der Waals surface area contributed by atoms with Crippen LogP contribution in [0, 0.1) is 5.92 Å². The third kappa shape index (κ3) is 3.99. The monoisotopic (exact) mass is 345 g/mol. The fourth-order valence-electron chi connectivity index (χ4n) is 3.16. The van der Waals surface area contributed by atoms with E-state index < -0.39 is 6.03 Å². The van der Waals surface area contributed by atoms with E-state index in [9.17, 15) is 14.4 Å². The summed E-state index contributed by atoms with van der Waals surface area (Å²) < 4.78 is 5.58. The number of rotatable bonds is 6. The lowest BCUT2D eigenvalue weighted by atomic mass is 10.1. The van der Waals surface area contributed by atoms with Gasteiger partial charge in [0.1, 0.15) is 6.54 Å². The Labute approximate surface area is 146 Å². The first kappa shape index (κ1) is 17.4. The minimum absolute atomic E-state index is 0.00788. The predicted molar refractivity (Wildman–Crippen MR) is 92.4 cm³/mol. The lowest BCUT2D eigenvalue weighted by Gasteiger charge is -2.18. The summed E-state index contributed by atoms with van der Waals surface area (Å²) in [5.74, 6) is 0.0686. The van der Waals surface area contributed by atoms with Crippen molar-refractivity contribution < 1.29 is 19.1 Å². The van der Waals surface area contributed by atoms with E-state index in [1.165, 1.54) is 4.90 Å². The van der Waals surface area contributed by atoms with Gasteiger partial charge in [-0.2, -0.15) is 0 Å². The van der Waals surface area contributed by atoms with E-state index in [4.69, 9.17) is 4.74 Å². The molecule has 25 heavy (non-hydrogen) atoms. The summed E-state index contributed by atoms with van der Waals surface area (Å²) in [6.07, 6.45) is 1.96. The van der Waals surface area contributed by atoms with E-state index in [0.29, 0.717) is 30.3 Å². The molecule has 2 aliphatic rings. The predicted octanol–water partition coefficient (Wildman–Crippen LogP) is 1.63. The number of urea groups is 1. The van der Waals surface area contributed by atoms with Crippen molar-refractivity contribution in [2.45, 2.75) is 19.8 Å². The van der Waals surface area contributed by atoms with Crippen molar-refractivity contribution in [1.82, 2.24) is 10.2 Å². The molecule has 2 aliphatic heterocycles.